The predicted octanol–water partition coefficient (Wildman–Crippen LogP) is 2.41. The highest BCUT2D eigenvalue weighted by Gasteiger charge is 2.34. The highest BCUT2D eigenvalue weighted by atomic mass is 16.5. The second-order valence-corrected chi connectivity index (χ2v) is 7.49. The van der Waals surface area contributed by atoms with E-state index in [1.807, 2.05) is 0 Å². The maximum Gasteiger partial charge on any atom is 0.0710 e. The monoisotopic (exact) mass is 266 g/mol. The minimum absolute atomic E-state index is 0.113. The third-order valence-electron chi connectivity index (χ3n) is 4.87. The summed E-state index contributed by atoms with van der Waals surface area (Å²) < 4.78 is 6.18. The van der Waals surface area contributed by atoms with Crippen LogP contribution in [0.5, 0.6) is 0 Å². The summed E-state index contributed by atoms with van der Waals surface area (Å²) in [6.45, 7) is 9.37. The summed E-state index contributed by atoms with van der Waals surface area (Å²) in [5.41, 5.74) is 0.113. The zero-order valence-corrected chi connectivity index (χ0v) is 12.7. The van der Waals surface area contributed by atoms with E-state index in [9.17, 15) is 0 Å². The Labute approximate surface area is 118 Å². The molecule has 3 heteroatoms. The van der Waals surface area contributed by atoms with Crippen molar-refractivity contribution in [2.24, 2.45) is 5.92 Å². The lowest BCUT2D eigenvalue weighted by molar-refractivity contribution is -0.0298. The van der Waals surface area contributed by atoms with Crippen molar-refractivity contribution in [1.82, 2.24) is 10.2 Å². The van der Waals surface area contributed by atoms with Crippen molar-refractivity contribution in [3.63, 3.8) is 0 Å². The minimum atomic E-state index is 0.113. The molecule has 19 heavy (non-hydrogen) atoms. The fraction of sp³-hybridized carbons (Fsp3) is 1.00. The van der Waals surface area contributed by atoms with E-state index in [1.54, 1.807) is 0 Å². The number of hydrogen-bond acceptors (Lipinski definition) is 3. The number of rotatable bonds is 6. The van der Waals surface area contributed by atoms with Crippen LogP contribution in [0.25, 0.3) is 0 Å². The Hall–Kier alpha value is -0.120. The quantitative estimate of drug-likeness (QED) is 0.799. The highest BCUT2D eigenvalue weighted by molar-refractivity contribution is 4.87. The van der Waals surface area contributed by atoms with Crippen molar-refractivity contribution in [1.29, 1.82) is 0 Å². The summed E-state index contributed by atoms with van der Waals surface area (Å²) in [6.07, 6.45) is 8.54. The lowest BCUT2D eigenvalue weighted by atomic mass is 10.1. The van der Waals surface area contributed by atoms with Crippen molar-refractivity contribution in [2.75, 3.05) is 26.2 Å². The van der Waals surface area contributed by atoms with Gasteiger partial charge in [-0.25, -0.2) is 0 Å². The van der Waals surface area contributed by atoms with Gasteiger partial charge >= 0.3 is 0 Å². The predicted molar refractivity (Wildman–Crippen MR) is 78.4 cm³/mol. The van der Waals surface area contributed by atoms with Crippen molar-refractivity contribution in [3.05, 3.63) is 0 Å². The Bertz CT molecular complexity index is 295. The molecule has 0 bridgehead atoms. The summed E-state index contributed by atoms with van der Waals surface area (Å²) in [7, 11) is 0. The van der Waals surface area contributed by atoms with Crippen LogP contribution >= 0.6 is 0 Å². The third-order valence-corrected chi connectivity index (χ3v) is 4.87. The van der Waals surface area contributed by atoms with Gasteiger partial charge in [0, 0.05) is 25.7 Å². The first-order valence-corrected chi connectivity index (χ1v) is 8.24. The van der Waals surface area contributed by atoms with Gasteiger partial charge in [0.2, 0.25) is 0 Å². The van der Waals surface area contributed by atoms with Gasteiger partial charge in [0.25, 0.3) is 0 Å². The van der Waals surface area contributed by atoms with E-state index in [0.29, 0.717) is 6.10 Å². The van der Waals surface area contributed by atoms with Crippen molar-refractivity contribution in [2.45, 2.75) is 70.1 Å². The molecule has 0 spiro atoms. The molecule has 2 saturated heterocycles. The van der Waals surface area contributed by atoms with Crippen LogP contribution in [0.4, 0.5) is 0 Å². The van der Waals surface area contributed by atoms with Gasteiger partial charge in [-0.15, -0.1) is 0 Å². The van der Waals surface area contributed by atoms with E-state index in [-0.39, 0.29) is 5.60 Å². The normalized spacial score (nSPS) is 34.3. The lowest BCUT2D eigenvalue weighted by Gasteiger charge is -2.29. The lowest BCUT2D eigenvalue weighted by Crippen LogP contribution is -2.42. The largest absolute Gasteiger partial charge is 0.371 e. The average Bonchev–Trinajstić information content (AvgIpc) is 2.86. The van der Waals surface area contributed by atoms with E-state index >= 15 is 0 Å². The molecule has 0 amide bonds. The van der Waals surface area contributed by atoms with Crippen LogP contribution in [0.1, 0.15) is 52.4 Å². The summed E-state index contributed by atoms with van der Waals surface area (Å²) in [5.74, 6) is 0.982. The second-order valence-electron chi connectivity index (χ2n) is 7.49. The Morgan fingerprint density at radius 1 is 1.11 bits per heavy atom. The van der Waals surface area contributed by atoms with Gasteiger partial charge in [-0.05, 0) is 64.8 Å². The van der Waals surface area contributed by atoms with E-state index in [1.165, 1.54) is 58.2 Å². The van der Waals surface area contributed by atoms with Crippen LogP contribution in [0, 0.1) is 5.92 Å². The van der Waals surface area contributed by atoms with E-state index in [0.717, 1.165) is 18.5 Å². The van der Waals surface area contributed by atoms with Crippen LogP contribution in [0.15, 0.2) is 0 Å². The molecule has 1 aliphatic carbocycles. The number of nitrogens with zero attached hydrogens (tertiary/aromatic N) is 1. The van der Waals surface area contributed by atoms with Crippen LogP contribution in [0.3, 0.4) is 0 Å². The molecule has 0 aromatic carbocycles. The SMILES string of the molecule is CC1(C)CCC(CN(CC2CC2)CC2CCCN2)O1. The Morgan fingerprint density at radius 2 is 1.95 bits per heavy atom. The standard InChI is InChI=1S/C16H30N2O/c1-16(2)8-7-15(19-16)12-18(10-13-5-6-13)11-14-4-3-9-17-14/h13-15,17H,3-12H2,1-2H3. The van der Waals surface area contributed by atoms with Gasteiger partial charge in [0.05, 0.1) is 11.7 Å². The van der Waals surface area contributed by atoms with Crippen molar-refractivity contribution >= 4 is 0 Å². The number of nitrogens with one attached hydrogen (secondary N) is 1. The zero-order valence-electron chi connectivity index (χ0n) is 12.7. The second kappa shape index (κ2) is 5.71. The molecule has 0 aromatic heterocycles. The molecular weight excluding hydrogens is 236 g/mol. The summed E-state index contributed by atoms with van der Waals surface area (Å²) >= 11 is 0. The van der Waals surface area contributed by atoms with Crippen LogP contribution in [-0.4, -0.2) is 48.8 Å². The van der Waals surface area contributed by atoms with Gasteiger partial charge in [0.1, 0.15) is 0 Å². The first-order valence-electron chi connectivity index (χ1n) is 8.24. The molecule has 0 radical (unpaired) electrons. The van der Waals surface area contributed by atoms with Gasteiger partial charge in [-0.1, -0.05) is 0 Å². The van der Waals surface area contributed by atoms with Crippen LogP contribution in [0.2, 0.25) is 0 Å². The first-order chi connectivity index (χ1) is 9.11. The maximum absolute atomic E-state index is 6.18. The zero-order chi connectivity index (χ0) is 13.3. The van der Waals surface area contributed by atoms with Crippen molar-refractivity contribution < 1.29 is 4.74 Å². The van der Waals surface area contributed by atoms with E-state index in [2.05, 4.69) is 24.1 Å². The molecule has 3 fully saturated rings. The topological polar surface area (TPSA) is 24.5 Å². The molecule has 2 heterocycles. The maximum atomic E-state index is 6.18. The molecule has 110 valence electrons. The Morgan fingerprint density at radius 3 is 2.53 bits per heavy atom. The van der Waals surface area contributed by atoms with E-state index in [4.69, 9.17) is 4.74 Å². The van der Waals surface area contributed by atoms with E-state index < -0.39 is 0 Å². The molecule has 3 nitrogen and oxygen atoms in total. The number of ether oxygens (including phenoxy) is 1. The Balaban J connectivity index is 1.49. The van der Waals surface area contributed by atoms with Crippen molar-refractivity contribution in [3.8, 4) is 0 Å². The minimum Gasteiger partial charge on any atom is -0.371 e. The summed E-state index contributed by atoms with van der Waals surface area (Å²) in [6, 6.07) is 0.730. The fourth-order valence-electron chi connectivity index (χ4n) is 3.61. The summed E-state index contributed by atoms with van der Waals surface area (Å²) in [4.78, 5) is 2.69. The number of hydrogen-bond donors (Lipinski definition) is 1. The molecule has 3 rings (SSSR count). The average molecular weight is 266 g/mol. The molecule has 2 atom stereocenters. The molecule has 1 saturated carbocycles. The summed E-state index contributed by atoms with van der Waals surface area (Å²) in [5, 5.41) is 3.64. The Kier molecular flexibility index (Phi) is 4.16. The smallest absolute Gasteiger partial charge is 0.0710 e. The molecular formula is C16H30N2O. The van der Waals surface area contributed by atoms with Gasteiger partial charge in [-0.2, -0.15) is 0 Å². The third kappa shape index (κ3) is 4.17. The van der Waals surface area contributed by atoms with Crippen LogP contribution < -0.4 is 5.32 Å². The van der Waals surface area contributed by atoms with Crippen LogP contribution in [-0.2, 0) is 4.74 Å². The molecule has 2 unspecified atom stereocenters. The van der Waals surface area contributed by atoms with Gasteiger partial charge in [-0.3, -0.25) is 4.90 Å². The van der Waals surface area contributed by atoms with Gasteiger partial charge < -0.3 is 10.1 Å². The molecule has 0 aromatic rings. The first kappa shape index (κ1) is 13.8. The fourth-order valence-corrected chi connectivity index (χ4v) is 3.61. The molecule has 1 N–H and O–H groups in total. The van der Waals surface area contributed by atoms with Gasteiger partial charge in [0.15, 0.2) is 0 Å². The molecule has 2 aliphatic heterocycles. The molecule has 3 aliphatic rings. The highest BCUT2D eigenvalue weighted by Crippen LogP contribution is 2.32.